The van der Waals surface area contributed by atoms with E-state index in [0.29, 0.717) is 11.6 Å². The Bertz CT molecular complexity index is 1500. The lowest BCUT2D eigenvalue weighted by Gasteiger charge is -2.24. The number of benzene rings is 2. The first-order valence-corrected chi connectivity index (χ1v) is 14.3. The lowest BCUT2D eigenvalue weighted by atomic mass is 9.87. The van der Waals surface area contributed by atoms with Crippen LogP contribution in [0.1, 0.15) is 54.2 Å². The molecule has 0 aliphatic carbocycles. The maximum absolute atomic E-state index is 13.8. The van der Waals surface area contributed by atoms with Gasteiger partial charge in [-0.25, -0.2) is 4.68 Å². The first-order chi connectivity index (χ1) is 19.2. The molecular weight excluding hydrogens is 524 g/mol. The van der Waals surface area contributed by atoms with Crippen LogP contribution in [0.2, 0.25) is 0 Å². The number of amides is 2. The zero-order valence-corrected chi connectivity index (χ0v) is 24.2. The summed E-state index contributed by atoms with van der Waals surface area (Å²) in [6.07, 6.45) is 1.57. The van der Waals surface area contributed by atoms with Crippen LogP contribution >= 0.6 is 11.8 Å². The molecule has 3 heterocycles. The fourth-order valence-electron chi connectivity index (χ4n) is 4.87. The molecule has 8 nitrogen and oxygen atoms in total. The van der Waals surface area contributed by atoms with Crippen molar-refractivity contribution in [1.29, 1.82) is 0 Å². The highest BCUT2D eigenvalue weighted by molar-refractivity contribution is 8.00. The zero-order chi connectivity index (χ0) is 28.4. The summed E-state index contributed by atoms with van der Waals surface area (Å²) in [5, 5.41) is 7.87. The molecule has 2 amide bonds. The first kappa shape index (κ1) is 27.6. The molecule has 9 heteroatoms. The van der Waals surface area contributed by atoms with Crippen molar-refractivity contribution in [1.82, 2.24) is 15.1 Å². The molecule has 0 fully saturated rings. The van der Waals surface area contributed by atoms with Gasteiger partial charge in [-0.3, -0.25) is 14.5 Å². The molecule has 0 spiro atoms. The van der Waals surface area contributed by atoms with Gasteiger partial charge in [0.15, 0.2) is 0 Å². The highest BCUT2D eigenvalue weighted by Gasteiger charge is 2.40. The third-order valence-corrected chi connectivity index (χ3v) is 8.06. The highest BCUT2D eigenvalue weighted by atomic mass is 32.2. The van der Waals surface area contributed by atoms with Crippen LogP contribution in [0.5, 0.6) is 5.75 Å². The van der Waals surface area contributed by atoms with Crippen LogP contribution in [-0.4, -0.2) is 41.0 Å². The van der Waals surface area contributed by atoms with Gasteiger partial charge in [0.25, 0.3) is 0 Å². The van der Waals surface area contributed by atoms with E-state index in [9.17, 15) is 9.59 Å². The van der Waals surface area contributed by atoms with Gasteiger partial charge in [0.05, 0.1) is 42.3 Å². The quantitative estimate of drug-likeness (QED) is 0.319. The van der Waals surface area contributed by atoms with Gasteiger partial charge in [-0.15, -0.1) is 11.8 Å². The van der Waals surface area contributed by atoms with E-state index in [4.69, 9.17) is 14.3 Å². The number of thioether (sulfide) groups is 1. The molecule has 1 aliphatic rings. The summed E-state index contributed by atoms with van der Waals surface area (Å²) in [6.45, 7) is 8.54. The number of anilines is 1. The Morgan fingerprint density at radius 3 is 2.58 bits per heavy atom. The van der Waals surface area contributed by atoms with Crippen molar-refractivity contribution >= 4 is 29.4 Å². The summed E-state index contributed by atoms with van der Waals surface area (Å²) in [6, 6.07) is 19.5. The smallest absolute Gasteiger partial charge is 0.240 e. The first-order valence-electron chi connectivity index (χ1n) is 13.2. The Morgan fingerprint density at radius 2 is 1.93 bits per heavy atom. The monoisotopic (exact) mass is 558 g/mol. The number of aryl methyl sites for hydroxylation is 1. The Hall–Kier alpha value is -3.98. The maximum Gasteiger partial charge on any atom is 0.240 e. The third-order valence-electron chi connectivity index (χ3n) is 6.80. The molecule has 1 N–H and O–H groups in total. The minimum atomic E-state index is -0.328. The molecule has 0 saturated carbocycles. The number of fused-ring (bicyclic) bond motifs is 1. The van der Waals surface area contributed by atoms with Crippen LogP contribution in [0.25, 0.3) is 5.69 Å². The topological polar surface area (TPSA) is 89.6 Å². The molecule has 2 aromatic carbocycles. The van der Waals surface area contributed by atoms with Gasteiger partial charge in [-0.1, -0.05) is 50.6 Å². The average molecular weight is 559 g/mol. The lowest BCUT2D eigenvalue weighted by Crippen LogP contribution is -2.42. The van der Waals surface area contributed by atoms with Crippen LogP contribution in [-0.2, 0) is 21.5 Å². The summed E-state index contributed by atoms with van der Waals surface area (Å²) in [7, 11) is 1.62. The average Bonchev–Trinajstić information content (AvgIpc) is 3.56. The summed E-state index contributed by atoms with van der Waals surface area (Å²) in [5.41, 5.74) is 4.52. The van der Waals surface area contributed by atoms with Crippen molar-refractivity contribution in [2.45, 2.75) is 44.9 Å². The molecule has 5 rings (SSSR count). The Balaban J connectivity index is 1.67. The molecule has 0 saturated heterocycles. The fourth-order valence-corrected chi connectivity index (χ4v) is 6.06. The number of carbonyl (C=O) groups excluding carboxylic acids is 2. The number of carbonyl (C=O) groups is 2. The van der Waals surface area contributed by atoms with Gasteiger partial charge >= 0.3 is 0 Å². The summed E-state index contributed by atoms with van der Waals surface area (Å²) in [5.74, 6) is 1.77. The standard InChI is InChI=1S/C31H34N4O4S/c1-20-8-6-9-21(16-20)28-27-29(31(2,3)4)33-35(22-11-13-23(38-5)14-12-22)30(27)34(26(37)19-40-28)18-25(36)32-17-24-10-7-15-39-24/h6-16,28H,17-19H2,1-5H3,(H,32,36)/t28-/m0/s1. The van der Waals surface area contributed by atoms with Crippen LogP contribution in [0.15, 0.2) is 71.3 Å². The second-order valence-corrected chi connectivity index (χ2v) is 12.0. The number of rotatable bonds is 7. The molecule has 0 unspecified atom stereocenters. The molecule has 1 aliphatic heterocycles. The molecule has 40 heavy (non-hydrogen) atoms. The van der Waals surface area contributed by atoms with E-state index in [0.717, 1.165) is 33.8 Å². The van der Waals surface area contributed by atoms with E-state index in [1.165, 1.54) is 0 Å². The van der Waals surface area contributed by atoms with Gasteiger partial charge in [0.2, 0.25) is 11.8 Å². The van der Waals surface area contributed by atoms with Crippen LogP contribution < -0.4 is 15.0 Å². The molecule has 208 valence electrons. The zero-order valence-electron chi connectivity index (χ0n) is 23.4. The molecule has 1 atom stereocenters. The van der Waals surface area contributed by atoms with E-state index in [2.05, 4.69) is 51.2 Å². The Labute approximate surface area is 238 Å². The second kappa shape index (κ2) is 11.3. The SMILES string of the molecule is COc1ccc(-n2nc(C(C)(C)C)c3c2N(CC(=O)NCc2ccco2)C(=O)CS[C@H]3c2cccc(C)c2)cc1. The number of furan rings is 1. The van der Waals surface area contributed by atoms with Crippen LogP contribution in [0.3, 0.4) is 0 Å². The van der Waals surface area contributed by atoms with E-state index >= 15 is 0 Å². The lowest BCUT2D eigenvalue weighted by molar-refractivity contribution is -0.123. The third kappa shape index (κ3) is 5.65. The van der Waals surface area contributed by atoms with E-state index in [1.807, 2.05) is 35.0 Å². The number of methoxy groups -OCH3 is 1. The normalized spacial score (nSPS) is 15.5. The Kier molecular flexibility index (Phi) is 7.76. The van der Waals surface area contributed by atoms with E-state index < -0.39 is 0 Å². The molecule has 2 aromatic heterocycles. The number of nitrogens with zero attached hydrogens (tertiary/aromatic N) is 3. The van der Waals surface area contributed by atoms with Gasteiger partial charge in [-0.05, 0) is 48.9 Å². The van der Waals surface area contributed by atoms with Gasteiger partial charge in [-0.2, -0.15) is 5.10 Å². The predicted molar refractivity (Wildman–Crippen MR) is 157 cm³/mol. The minimum Gasteiger partial charge on any atom is -0.497 e. The highest BCUT2D eigenvalue weighted by Crippen LogP contribution is 2.48. The summed E-state index contributed by atoms with van der Waals surface area (Å²) < 4.78 is 12.5. The summed E-state index contributed by atoms with van der Waals surface area (Å²) >= 11 is 1.57. The number of hydrogen-bond donors (Lipinski definition) is 1. The molecular formula is C31H34N4O4S. The largest absolute Gasteiger partial charge is 0.497 e. The van der Waals surface area contributed by atoms with Crippen LogP contribution in [0.4, 0.5) is 5.82 Å². The fraction of sp³-hybridized carbons (Fsp3) is 0.323. The van der Waals surface area contributed by atoms with Crippen molar-refractivity contribution in [3.63, 3.8) is 0 Å². The number of hydrogen-bond acceptors (Lipinski definition) is 6. The van der Waals surface area contributed by atoms with Crippen molar-refractivity contribution in [2.75, 3.05) is 24.3 Å². The van der Waals surface area contributed by atoms with Gasteiger partial charge < -0.3 is 14.5 Å². The van der Waals surface area contributed by atoms with Gasteiger partial charge in [0.1, 0.15) is 23.9 Å². The molecule has 0 bridgehead atoms. The van der Waals surface area contributed by atoms with Gasteiger partial charge in [0, 0.05) is 11.0 Å². The maximum atomic E-state index is 13.8. The minimum absolute atomic E-state index is 0.140. The predicted octanol–water partition coefficient (Wildman–Crippen LogP) is 5.57. The summed E-state index contributed by atoms with van der Waals surface area (Å²) in [4.78, 5) is 28.6. The van der Waals surface area contributed by atoms with E-state index in [1.54, 1.807) is 42.2 Å². The van der Waals surface area contributed by atoms with E-state index in [-0.39, 0.29) is 41.3 Å². The van der Waals surface area contributed by atoms with Crippen molar-refractivity contribution in [3.8, 4) is 11.4 Å². The molecule has 0 radical (unpaired) electrons. The van der Waals surface area contributed by atoms with Crippen molar-refractivity contribution in [2.24, 2.45) is 0 Å². The number of nitrogens with one attached hydrogen (secondary N) is 1. The van der Waals surface area contributed by atoms with Crippen molar-refractivity contribution in [3.05, 3.63) is 95.1 Å². The number of ether oxygens (including phenoxy) is 1. The molecule has 4 aromatic rings. The second-order valence-electron chi connectivity index (χ2n) is 10.9. The van der Waals surface area contributed by atoms with Crippen molar-refractivity contribution < 1.29 is 18.7 Å². The van der Waals surface area contributed by atoms with Crippen LogP contribution in [0, 0.1) is 6.92 Å². The Morgan fingerprint density at radius 1 is 1.15 bits per heavy atom. The number of aromatic nitrogens is 2.